The van der Waals surface area contributed by atoms with Gasteiger partial charge in [0.15, 0.2) is 0 Å². The number of aliphatic carboxylic acids is 1. The van der Waals surface area contributed by atoms with Crippen LogP contribution >= 0.6 is 0 Å². The molecule has 0 aromatic rings. The molecule has 0 spiro atoms. The van der Waals surface area contributed by atoms with Crippen molar-refractivity contribution in [3.8, 4) is 0 Å². The second-order valence-electron chi connectivity index (χ2n) is 3.90. The summed E-state index contributed by atoms with van der Waals surface area (Å²) in [4.78, 5) is 11.0. The smallest absolute Gasteiger partial charge is 0.324 e. The first-order chi connectivity index (χ1) is 6.07. The van der Waals surface area contributed by atoms with Crippen LogP contribution in [0.1, 0.15) is 33.1 Å². The van der Waals surface area contributed by atoms with Gasteiger partial charge in [-0.25, -0.2) is 0 Å². The van der Waals surface area contributed by atoms with Crippen molar-refractivity contribution in [2.45, 2.75) is 38.6 Å². The van der Waals surface area contributed by atoms with Crippen molar-refractivity contribution < 1.29 is 9.90 Å². The van der Waals surface area contributed by atoms with E-state index in [9.17, 15) is 4.79 Å². The Morgan fingerprint density at radius 1 is 1.62 bits per heavy atom. The molecule has 0 aromatic heterocycles. The Balaban J connectivity index is 2.68. The molecule has 74 valence electrons. The van der Waals surface area contributed by atoms with Gasteiger partial charge in [-0.3, -0.25) is 4.79 Å². The first-order valence-electron chi connectivity index (χ1n) is 4.69. The van der Waals surface area contributed by atoms with Gasteiger partial charge in [-0.15, -0.1) is 0 Å². The van der Waals surface area contributed by atoms with Gasteiger partial charge in [0.05, 0.1) is 0 Å². The van der Waals surface area contributed by atoms with Crippen LogP contribution in [0.15, 0.2) is 11.6 Å². The molecule has 1 aliphatic heterocycles. The van der Waals surface area contributed by atoms with E-state index in [4.69, 9.17) is 5.11 Å². The summed E-state index contributed by atoms with van der Waals surface area (Å²) in [6.45, 7) is 4.80. The number of rotatable bonds is 3. The third-order valence-electron chi connectivity index (χ3n) is 2.51. The lowest BCUT2D eigenvalue weighted by Crippen LogP contribution is -2.47. The number of carbonyl (C=O) groups is 1. The highest BCUT2D eigenvalue weighted by molar-refractivity contribution is 5.79. The van der Waals surface area contributed by atoms with Gasteiger partial charge in [0.1, 0.15) is 5.54 Å². The number of hydrogen-bond acceptors (Lipinski definition) is 2. The Labute approximate surface area is 78.8 Å². The van der Waals surface area contributed by atoms with Crippen LogP contribution in [0.4, 0.5) is 0 Å². The van der Waals surface area contributed by atoms with E-state index in [1.807, 2.05) is 19.9 Å². The fourth-order valence-electron chi connectivity index (χ4n) is 1.63. The molecule has 1 aliphatic rings. The highest BCUT2D eigenvalue weighted by Crippen LogP contribution is 2.24. The van der Waals surface area contributed by atoms with Crippen LogP contribution in [0.2, 0.25) is 0 Å². The standard InChI is InChI=1S/C10H17NO2/c1-8(2)4-6-10(9(12)13)5-3-7-11-10/h4,11H,3,5-7H2,1-2H3,(H,12,13). The van der Waals surface area contributed by atoms with Crippen LogP contribution in [-0.4, -0.2) is 23.2 Å². The summed E-state index contributed by atoms with van der Waals surface area (Å²) in [5.41, 5.74) is 0.492. The molecular weight excluding hydrogens is 166 g/mol. The molecule has 0 bridgehead atoms. The van der Waals surface area contributed by atoms with Gasteiger partial charge in [0, 0.05) is 0 Å². The van der Waals surface area contributed by atoms with E-state index < -0.39 is 11.5 Å². The van der Waals surface area contributed by atoms with E-state index in [2.05, 4.69) is 5.32 Å². The van der Waals surface area contributed by atoms with Crippen molar-refractivity contribution in [1.82, 2.24) is 5.32 Å². The highest BCUT2D eigenvalue weighted by Gasteiger charge is 2.39. The van der Waals surface area contributed by atoms with Gasteiger partial charge in [-0.05, 0) is 39.7 Å². The normalized spacial score (nSPS) is 27.2. The molecule has 13 heavy (non-hydrogen) atoms. The Hall–Kier alpha value is -0.830. The SMILES string of the molecule is CC(C)=CCC1(C(=O)O)CCCN1. The van der Waals surface area contributed by atoms with E-state index in [0.717, 1.165) is 19.4 Å². The summed E-state index contributed by atoms with van der Waals surface area (Å²) < 4.78 is 0. The van der Waals surface area contributed by atoms with Crippen molar-refractivity contribution in [1.29, 1.82) is 0 Å². The summed E-state index contributed by atoms with van der Waals surface area (Å²) in [6, 6.07) is 0. The molecule has 0 aliphatic carbocycles. The largest absolute Gasteiger partial charge is 0.480 e. The average Bonchev–Trinajstić information content (AvgIpc) is 2.50. The maximum absolute atomic E-state index is 11.0. The lowest BCUT2D eigenvalue weighted by atomic mass is 9.92. The van der Waals surface area contributed by atoms with Crippen LogP contribution in [0.25, 0.3) is 0 Å². The summed E-state index contributed by atoms with van der Waals surface area (Å²) in [6.07, 6.45) is 4.30. The predicted molar refractivity (Wildman–Crippen MR) is 51.7 cm³/mol. The van der Waals surface area contributed by atoms with Crippen LogP contribution in [0.5, 0.6) is 0 Å². The van der Waals surface area contributed by atoms with Gasteiger partial charge in [0.25, 0.3) is 0 Å². The number of nitrogens with one attached hydrogen (secondary N) is 1. The van der Waals surface area contributed by atoms with Crippen molar-refractivity contribution >= 4 is 5.97 Å². The van der Waals surface area contributed by atoms with E-state index in [1.165, 1.54) is 5.57 Å². The van der Waals surface area contributed by atoms with Crippen molar-refractivity contribution in [2.24, 2.45) is 0 Å². The fourth-order valence-corrected chi connectivity index (χ4v) is 1.63. The quantitative estimate of drug-likeness (QED) is 0.653. The van der Waals surface area contributed by atoms with Crippen molar-refractivity contribution in [2.75, 3.05) is 6.54 Å². The van der Waals surface area contributed by atoms with Gasteiger partial charge in [0.2, 0.25) is 0 Å². The number of carboxylic acid groups (broad SMARTS) is 1. The molecule has 3 heteroatoms. The molecule has 2 N–H and O–H groups in total. The Bertz CT molecular complexity index is 223. The summed E-state index contributed by atoms with van der Waals surface area (Å²) >= 11 is 0. The highest BCUT2D eigenvalue weighted by atomic mass is 16.4. The zero-order chi connectivity index (χ0) is 9.90. The minimum atomic E-state index is -0.720. The van der Waals surface area contributed by atoms with E-state index >= 15 is 0 Å². The zero-order valence-electron chi connectivity index (χ0n) is 8.26. The second-order valence-corrected chi connectivity index (χ2v) is 3.90. The molecule has 0 saturated carbocycles. The molecule has 1 fully saturated rings. The molecule has 1 unspecified atom stereocenters. The maximum atomic E-state index is 11.0. The van der Waals surface area contributed by atoms with Gasteiger partial charge in [-0.1, -0.05) is 11.6 Å². The minimum Gasteiger partial charge on any atom is -0.480 e. The van der Waals surface area contributed by atoms with Crippen LogP contribution in [0, 0.1) is 0 Å². The van der Waals surface area contributed by atoms with Crippen LogP contribution in [0.3, 0.4) is 0 Å². The molecule has 1 saturated heterocycles. The third-order valence-corrected chi connectivity index (χ3v) is 2.51. The average molecular weight is 183 g/mol. The Morgan fingerprint density at radius 2 is 2.31 bits per heavy atom. The van der Waals surface area contributed by atoms with Crippen molar-refractivity contribution in [3.63, 3.8) is 0 Å². The molecule has 0 aromatic carbocycles. The Kier molecular flexibility index (Phi) is 3.09. The summed E-state index contributed by atoms with van der Waals surface area (Å²) in [5, 5.41) is 12.2. The molecule has 3 nitrogen and oxygen atoms in total. The lowest BCUT2D eigenvalue weighted by molar-refractivity contribution is -0.144. The Morgan fingerprint density at radius 3 is 2.69 bits per heavy atom. The fraction of sp³-hybridized carbons (Fsp3) is 0.700. The molecular formula is C10H17NO2. The maximum Gasteiger partial charge on any atom is 0.324 e. The summed E-state index contributed by atoms with van der Waals surface area (Å²) in [5.74, 6) is -0.720. The first-order valence-corrected chi connectivity index (χ1v) is 4.69. The second kappa shape index (κ2) is 3.92. The van der Waals surface area contributed by atoms with Crippen LogP contribution < -0.4 is 5.32 Å². The topological polar surface area (TPSA) is 49.3 Å². The van der Waals surface area contributed by atoms with Gasteiger partial charge in [-0.2, -0.15) is 0 Å². The molecule has 1 heterocycles. The van der Waals surface area contributed by atoms with Crippen LogP contribution in [-0.2, 0) is 4.79 Å². The lowest BCUT2D eigenvalue weighted by Gasteiger charge is -2.22. The first kappa shape index (κ1) is 10.3. The molecule has 1 atom stereocenters. The minimum absolute atomic E-state index is 0.602. The third kappa shape index (κ3) is 2.31. The van der Waals surface area contributed by atoms with Gasteiger partial charge < -0.3 is 10.4 Å². The van der Waals surface area contributed by atoms with E-state index in [0.29, 0.717) is 6.42 Å². The van der Waals surface area contributed by atoms with Crippen molar-refractivity contribution in [3.05, 3.63) is 11.6 Å². The molecule has 0 radical (unpaired) electrons. The van der Waals surface area contributed by atoms with Gasteiger partial charge >= 0.3 is 5.97 Å². The van der Waals surface area contributed by atoms with E-state index in [-0.39, 0.29) is 0 Å². The monoisotopic (exact) mass is 183 g/mol. The number of hydrogen-bond donors (Lipinski definition) is 2. The molecule has 1 rings (SSSR count). The number of allylic oxidation sites excluding steroid dienone is 1. The zero-order valence-corrected chi connectivity index (χ0v) is 8.26. The van der Waals surface area contributed by atoms with E-state index in [1.54, 1.807) is 0 Å². The molecule has 0 amide bonds. The summed E-state index contributed by atoms with van der Waals surface area (Å²) in [7, 11) is 0. The predicted octanol–water partition coefficient (Wildman–Crippen LogP) is 1.55. The number of carboxylic acids is 1.